The van der Waals surface area contributed by atoms with Crippen molar-refractivity contribution in [3.05, 3.63) is 73.6 Å². The van der Waals surface area contributed by atoms with Crippen LogP contribution in [0.15, 0.2) is 78.0 Å². The Morgan fingerprint density at radius 3 is 2.72 bits per heavy atom. The molecule has 0 atom stereocenters. The minimum atomic E-state index is 0.654. The molecule has 0 saturated carbocycles. The zero-order valence-electron chi connectivity index (χ0n) is 15.1. The molecule has 0 amide bonds. The molecular weight excluding hydrogens is 364 g/mol. The van der Waals surface area contributed by atoms with Gasteiger partial charge in [0.2, 0.25) is 0 Å². The number of hydrogen-bond donors (Lipinski definition) is 2. The fraction of sp³-hybridized carbons (Fsp3) is 0. The van der Waals surface area contributed by atoms with Crippen molar-refractivity contribution in [1.29, 1.82) is 0 Å². The molecule has 7 heteroatoms. The van der Waals surface area contributed by atoms with Crippen molar-refractivity contribution < 1.29 is 4.42 Å². The van der Waals surface area contributed by atoms with E-state index in [1.807, 2.05) is 30.3 Å². The molecule has 2 N–H and O–H groups in total. The maximum atomic E-state index is 5.25. The lowest BCUT2D eigenvalue weighted by Crippen LogP contribution is -1.85. The summed E-state index contributed by atoms with van der Waals surface area (Å²) >= 11 is 0. The zero-order chi connectivity index (χ0) is 19.2. The van der Waals surface area contributed by atoms with Gasteiger partial charge in [0.1, 0.15) is 5.65 Å². The normalized spacial score (nSPS) is 11.4. The van der Waals surface area contributed by atoms with Crippen LogP contribution in [-0.4, -0.2) is 30.1 Å². The highest BCUT2D eigenvalue weighted by Crippen LogP contribution is 2.33. The van der Waals surface area contributed by atoms with Crippen LogP contribution in [0.2, 0.25) is 0 Å². The average Bonchev–Trinajstić information content (AvgIpc) is 3.52. The number of aromatic amines is 2. The minimum Gasteiger partial charge on any atom is -0.472 e. The first kappa shape index (κ1) is 15.8. The molecule has 6 aromatic rings. The molecule has 6 heterocycles. The van der Waals surface area contributed by atoms with E-state index < -0.39 is 0 Å². The van der Waals surface area contributed by atoms with Gasteiger partial charge in [-0.15, -0.1) is 0 Å². The molecule has 0 spiro atoms. The number of rotatable bonds is 3. The summed E-state index contributed by atoms with van der Waals surface area (Å²) in [4.78, 5) is 16.8. The van der Waals surface area contributed by atoms with Crippen LogP contribution in [0.1, 0.15) is 0 Å². The highest BCUT2D eigenvalue weighted by Gasteiger charge is 2.15. The van der Waals surface area contributed by atoms with Gasteiger partial charge >= 0.3 is 0 Å². The van der Waals surface area contributed by atoms with Crippen molar-refractivity contribution in [2.75, 3.05) is 0 Å². The monoisotopic (exact) mass is 378 g/mol. The standard InChI is InChI=1S/C22H14N6O/c1-2-6-23-18(3-1)14-9-17-20(27-28-22(17)25-11-14)19-10-16-15(13-5-8-29-12-13)4-7-24-21(16)26-19/h1-12H,(H,24,26)(H,25,27,28). The van der Waals surface area contributed by atoms with Gasteiger partial charge in [0.25, 0.3) is 0 Å². The third-order valence-electron chi connectivity index (χ3n) is 5.00. The van der Waals surface area contributed by atoms with E-state index in [2.05, 4.69) is 42.3 Å². The summed E-state index contributed by atoms with van der Waals surface area (Å²) in [5.41, 5.74) is 7.09. The van der Waals surface area contributed by atoms with E-state index in [1.165, 1.54) is 0 Å². The van der Waals surface area contributed by atoms with Crippen LogP contribution in [0.25, 0.3) is 55.8 Å². The van der Waals surface area contributed by atoms with E-state index in [-0.39, 0.29) is 0 Å². The van der Waals surface area contributed by atoms with Crippen molar-refractivity contribution in [3.8, 4) is 33.8 Å². The Morgan fingerprint density at radius 2 is 1.86 bits per heavy atom. The molecule has 0 bridgehead atoms. The van der Waals surface area contributed by atoms with E-state index in [0.717, 1.165) is 50.2 Å². The van der Waals surface area contributed by atoms with E-state index >= 15 is 0 Å². The largest absolute Gasteiger partial charge is 0.472 e. The van der Waals surface area contributed by atoms with Crippen LogP contribution in [0.3, 0.4) is 0 Å². The molecular formula is C22H14N6O. The summed E-state index contributed by atoms with van der Waals surface area (Å²) < 4.78 is 5.25. The zero-order valence-corrected chi connectivity index (χ0v) is 15.1. The molecule has 6 rings (SSSR count). The second kappa shape index (κ2) is 6.13. The first-order valence-electron chi connectivity index (χ1n) is 9.13. The van der Waals surface area contributed by atoms with Gasteiger partial charge in [0, 0.05) is 40.5 Å². The van der Waals surface area contributed by atoms with Crippen molar-refractivity contribution in [2.45, 2.75) is 0 Å². The predicted molar refractivity (Wildman–Crippen MR) is 110 cm³/mol. The van der Waals surface area contributed by atoms with Crippen molar-refractivity contribution in [1.82, 2.24) is 30.1 Å². The average molecular weight is 378 g/mol. The predicted octanol–water partition coefficient (Wildman–Crippen LogP) is 4.82. The lowest BCUT2D eigenvalue weighted by atomic mass is 10.1. The molecule has 0 aliphatic heterocycles. The molecule has 0 fully saturated rings. The van der Waals surface area contributed by atoms with Crippen LogP contribution in [0.4, 0.5) is 0 Å². The maximum absolute atomic E-state index is 5.25. The van der Waals surface area contributed by atoms with Crippen LogP contribution in [-0.2, 0) is 0 Å². The van der Waals surface area contributed by atoms with Gasteiger partial charge in [-0.1, -0.05) is 6.07 Å². The molecule has 7 nitrogen and oxygen atoms in total. The van der Waals surface area contributed by atoms with Gasteiger partial charge in [-0.3, -0.25) is 10.1 Å². The fourth-order valence-corrected chi connectivity index (χ4v) is 3.61. The van der Waals surface area contributed by atoms with Crippen LogP contribution < -0.4 is 0 Å². The number of H-pyrrole nitrogens is 2. The smallest absolute Gasteiger partial charge is 0.181 e. The van der Waals surface area contributed by atoms with Crippen molar-refractivity contribution in [2.24, 2.45) is 0 Å². The Kier molecular flexibility index (Phi) is 3.33. The number of pyridine rings is 3. The van der Waals surface area contributed by atoms with Crippen LogP contribution >= 0.6 is 0 Å². The highest BCUT2D eigenvalue weighted by molar-refractivity contribution is 5.99. The van der Waals surface area contributed by atoms with Crippen molar-refractivity contribution in [3.63, 3.8) is 0 Å². The highest BCUT2D eigenvalue weighted by atomic mass is 16.3. The number of hydrogen-bond acceptors (Lipinski definition) is 5. The second-order valence-corrected chi connectivity index (χ2v) is 6.72. The third kappa shape index (κ3) is 2.52. The van der Waals surface area contributed by atoms with Gasteiger partial charge in [-0.25, -0.2) is 9.97 Å². The van der Waals surface area contributed by atoms with Gasteiger partial charge in [0.05, 0.1) is 29.6 Å². The number of fused-ring (bicyclic) bond motifs is 2. The lowest BCUT2D eigenvalue weighted by molar-refractivity contribution is 0.568. The summed E-state index contributed by atoms with van der Waals surface area (Å²) in [5.74, 6) is 0. The Labute approximate surface area is 164 Å². The van der Waals surface area contributed by atoms with Gasteiger partial charge in [-0.05, 0) is 42.0 Å². The molecule has 29 heavy (non-hydrogen) atoms. The summed E-state index contributed by atoms with van der Waals surface area (Å²) in [6, 6.07) is 13.9. The van der Waals surface area contributed by atoms with Crippen LogP contribution in [0, 0.1) is 0 Å². The Balaban J connectivity index is 1.53. The lowest BCUT2D eigenvalue weighted by Gasteiger charge is -2.00. The topological polar surface area (TPSA) is 96.3 Å². The van der Waals surface area contributed by atoms with E-state index in [0.29, 0.717) is 5.65 Å². The summed E-state index contributed by atoms with van der Waals surface area (Å²) in [7, 11) is 0. The maximum Gasteiger partial charge on any atom is 0.181 e. The third-order valence-corrected chi connectivity index (χ3v) is 5.00. The van der Waals surface area contributed by atoms with Crippen LogP contribution in [0.5, 0.6) is 0 Å². The molecule has 0 aliphatic carbocycles. The quantitative estimate of drug-likeness (QED) is 0.460. The van der Waals surface area contributed by atoms with E-state index in [9.17, 15) is 0 Å². The van der Waals surface area contributed by atoms with Gasteiger partial charge in [-0.2, -0.15) is 5.10 Å². The Morgan fingerprint density at radius 1 is 0.862 bits per heavy atom. The molecule has 0 saturated heterocycles. The number of aromatic nitrogens is 6. The number of nitrogens with zero attached hydrogens (tertiary/aromatic N) is 4. The minimum absolute atomic E-state index is 0.654. The van der Waals surface area contributed by atoms with Gasteiger partial charge < -0.3 is 9.40 Å². The second-order valence-electron chi connectivity index (χ2n) is 6.72. The summed E-state index contributed by atoms with van der Waals surface area (Å²) in [6.07, 6.45) is 8.75. The SMILES string of the molecule is c1ccc(-c2cnc3n[nH]c(-c4cc5c(-c6ccoc6)ccnc5[nH]4)c3c2)nc1. The van der Waals surface area contributed by atoms with E-state index in [1.54, 1.807) is 31.1 Å². The Bertz CT molecular complexity index is 1450. The first-order chi connectivity index (χ1) is 14.4. The molecule has 0 unspecified atom stereocenters. The summed E-state index contributed by atoms with van der Waals surface area (Å²) in [6.45, 7) is 0. The fourth-order valence-electron chi connectivity index (χ4n) is 3.61. The van der Waals surface area contributed by atoms with Gasteiger partial charge in [0.15, 0.2) is 5.65 Å². The summed E-state index contributed by atoms with van der Waals surface area (Å²) in [5, 5.41) is 9.41. The van der Waals surface area contributed by atoms with Crippen molar-refractivity contribution >= 4 is 22.1 Å². The molecule has 138 valence electrons. The molecule has 0 aliphatic rings. The number of nitrogens with one attached hydrogen (secondary N) is 2. The molecule has 0 radical (unpaired) electrons. The first-order valence-corrected chi connectivity index (χ1v) is 9.13. The molecule has 6 aromatic heterocycles. The van der Waals surface area contributed by atoms with E-state index in [4.69, 9.17) is 4.42 Å². The number of furan rings is 1. The Hall–Kier alpha value is -4.26. The molecule has 0 aromatic carbocycles.